The van der Waals surface area contributed by atoms with Crippen molar-refractivity contribution in [1.82, 2.24) is 5.32 Å². The number of rotatable bonds is 5. The van der Waals surface area contributed by atoms with Gasteiger partial charge in [-0.1, -0.05) is 42.5 Å². The molecule has 0 saturated carbocycles. The number of benzene rings is 3. The normalized spacial score (nSPS) is 12.8. The van der Waals surface area contributed by atoms with Crippen molar-refractivity contribution in [2.45, 2.75) is 12.8 Å². The van der Waals surface area contributed by atoms with Gasteiger partial charge >= 0.3 is 6.03 Å². The number of anilines is 1. The van der Waals surface area contributed by atoms with E-state index in [0.29, 0.717) is 13.0 Å². The van der Waals surface area contributed by atoms with Gasteiger partial charge in [0.25, 0.3) is 0 Å². The van der Waals surface area contributed by atoms with E-state index in [1.54, 1.807) is 7.11 Å². The third-order valence-corrected chi connectivity index (χ3v) is 5.00. The van der Waals surface area contributed by atoms with Crippen LogP contribution in [-0.4, -0.2) is 31.9 Å². The molecule has 0 aromatic heterocycles. The maximum Gasteiger partial charge on any atom is 0.319 e. The molecule has 0 saturated heterocycles. The molecule has 0 atom stereocenters. The third kappa shape index (κ3) is 3.83. The Balaban J connectivity index is 1.38. The Morgan fingerprint density at radius 1 is 1.11 bits per heavy atom. The fourth-order valence-corrected chi connectivity index (χ4v) is 3.57. The number of nitrogens with zero attached hydrogens (tertiary/aromatic N) is 1. The molecule has 0 fully saturated rings. The zero-order valence-electron chi connectivity index (χ0n) is 15.9. The lowest BCUT2D eigenvalue weighted by Gasteiger charge is -2.18. The Bertz CT molecular complexity index is 1040. The van der Waals surface area contributed by atoms with Crippen LogP contribution in [0.1, 0.15) is 17.5 Å². The molecule has 2 amide bonds. The lowest BCUT2D eigenvalue weighted by molar-refractivity contribution is 0.252. The van der Waals surface area contributed by atoms with Gasteiger partial charge in [0.2, 0.25) is 0 Å². The van der Waals surface area contributed by atoms with E-state index in [2.05, 4.69) is 21.7 Å². The van der Waals surface area contributed by atoms with Gasteiger partial charge in [0.15, 0.2) is 0 Å². The van der Waals surface area contributed by atoms with Gasteiger partial charge in [-0.05, 0) is 35.6 Å². The van der Waals surface area contributed by atoms with Crippen molar-refractivity contribution in [3.63, 3.8) is 0 Å². The van der Waals surface area contributed by atoms with Crippen molar-refractivity contribution in [3.05, 3.63) is 71.8 Å². The molecule has 0 unspecified atom stereocenters. The standard InChI is InChI=1S/C23H23N3O2/c1-28-18-10-9-17-11-13-24-21(20(17)15-18)12-14-25-23(27)26-22-8-4-6-16-5-2-3-7-19(16)22/h2-10,15H,11-14H2,1H3,(H2,25,26,27). The largest absolute Gasteiger partial charge is 0.497 e. The van der Waals surface area contributed by atoms with E-state index in [9.17, 15) is 4.79 Å². The van der Waals surface area contributed by atoms with E-state index in [0.717, 1.165) is 46.5 Å². The van der Waals surface area contributed by atoms with Crippen LogP contribution in [0.5, 0.6) is 5.75 Å². The Hall–Kier alpha value is -3.34. The first-order valence-electron chi connectivity index (χ1n) is 9.48. The topological polar surface area (TPSA) is 62.7 Å². The Labute approximate surface area is 164 Å². The van der Waals surface area contributed by atoms with Crippen molar-refractivity contribution >= 4 is 28.2 Å². The summed E-state index contributed by atoms with van der Waals surface area (Å²) in [5.74, 6) is 0.829. The lowest BCUT2D eigenvalue weighted by Crippen LogP contribution is -2.31. The highest BCUT2D eigenvalue weighted by Crippen LogP contribution is 2.24. The summed E-state index contributed by atoms with van der Waals surface area (Å²) in [7, 11) is 1.67. The first-order chi connectivity index (χ1) is 13.7. The Morgan fingerprint density at radius 3 is 2.86 bits per heavy atom. The first-order valence-corrected chi connectivity index (χ1v) is 9.48. The summed E-state index contributed by atoms with van der Waals surface area (Å²) in [6.07, 6.45) is 1.63. The van der Waals surface area contributed by atoms with Crippen LogP contribution in [0.4, 0.5) is 10.5 Å². The van der Waals surface area contributed by atoms with Gasteiger partial charge < -0.3 is 15.4 Å². The zero-order chi connectivity index (χ0) is 19.3. The molecule has 0 bridgehead atoms. The average molecular weight is 373 g/mol. The molecule has 5 heteroatoms. The number of ether oxygens (including phenoxy) is 1. The van der Waals surface area contributed by atoms with E-state index in [1.807, 2.05) is 54.6 Å². The first kappa shape index (κ1) is 18.0. The SMILES string of the molecule is COc1ccc2c(c1)C(CCNC(=O)Nc1cccc3ccccc13)=NCC2. The molecule has 0 spiro atoms. The summed E-state index contributed by atoms with van der Waals surface area (Å²) in [5.41, 5.74) is 4.24. The average Bonchev–Trinajstić information content (AvgIpc) is 2.74. The number of hydrogen-bond acceptors (Lipinski definition) is 3. The molecule has 0 radical (unpaired) electrons. The molecular formula is C23H23N3O2. The van der Waals surface area contributed by atoms with Crippen molar-refractivity contribution < 1.29 is 9.53 Å². The highest BCUT2D eigenvalue weighted by atomic mass is 16.5. The maximum atomic E-state index is 12.4. The second-order valence-electron chi connectivity index (χ2n) is 6.76. The van der Waals surface area contributed by atoms with E-state index >= 15 is 0 Å². The smallest absolute Gasteiger partial charge is 0.319 e. The summed E-state index contributed by atoms with van der Waals surface area (Å²) in [6, 6.07) is 19.8. The van der Waals surface area contributed by atoms with Gasteiger partial charge in [-0.15, -0.1) is 0 Å². The van der Waals surface area contributed by atoms with Crippen LogP contribution >= 0.6 is 0 Å². The zero-order valence-corrected chi connectivity index (χ0v) is 15.9. The van der Waals surface area contributed by atoms with Crippen LogP contribution in [0.2, 0.25) is 0 Å². The Kier molecular flexibility index (Phi) is 5.24. The predicted octanol–water partition coefficient (Wildman–Crippen LogP) is 4.41. The van der Waals surface area contributed by atoms with Crippen LogP contribution in [0.3, 0.4) is 0 Å². The lowest BCUT2D eigenvalue weighted by atomic mass is 9.95. The van der Waals surface area contributed by atoms with Gasteiger partial charge in [-0.25, -0.2) is 4.79 Å². The summed E-state index contributed by atoms with van der Waals surface area (Å²) >= 11 is 0. The summed E-state index contributed by atoms with van der Waals surface area (Å²) < 4.78 is 5.34. The van der Waals surface area contributed by atoms with Gasteiger partial charge in [0, 0.05) is 36.2 Å². The highest BCUT2D eigenvalue weighted by Gasteiger charge is 2.15. The van der Waals surface area contributed by atoms with Crippen molar-refractivity contribution in [3.8, 4) is 5.75 Å². The second-order valence-corrected chi connectivity index (χ2v) is 6.76. The number of hydrogen-bond donors (Lipinski definition) is 2. The van der Waals surface area contributed by atoms with Gasteiger partial charge in [0.05, 0.1) is 12.8 Å². The number of fused-ring (bicyclic) bond motifs is 2. The molecule has 28 heavy (non-hydrogen) atoms. The van der Waals surface area contributed by atoms with Gasteiger partial charge in [-0.2, -0.15) is 0 Å². The number of carbonyl (C=O) groups is 1. The number of methoxy groups -OCH3 is 1. The van der Waals surface area contributed by atoms with E-state index < -0.39 is 0 Å². The van der Waals surface area contributed by atoms with Gasteiger partial charge in [-0.3, -0.25) is 4.99 Å². The van der Waals surface area contributed by atoms with E-state index in [1.165, 1.54) is 5.56 Å². The number of amides is 2. The number of nitrogens with one attached hydrogen (secondary N) is 2. The van der Waals surface area contributed by atoms with Crippen LogP contribution in [0.25, 0.3) is 10.8 Å². The van der Waals surface area contributed by atoms with E-state index in [4.69, 9.17) is 4.74 Å². The minimum atomic E-state index is -0.210. The number of urea groups is 1. The molecule has 2 N–H and O–H groups in total. The monoisotopic (exact) mass is 373 g/mol. The summed E-state index contributed by atoms with van der Waals surface area (Å²) in [6.45, 7) is 1.31. The molecule has 0 aliphatic carbocycles. The van der Waals surface area contributed by atoms with Crippen molar-refractivity contribution in [2.75, 3.05) is 25.5 Å². The molecule has 3 aromatic carbocycles. The minimum Gasteiger partial charge on any atom is -0.497 e. The highest BCUT2D eigenvalue weighted by molar-refractivity contribution is 6.04. The fourth-order valence-electron chi connectivity index (χ4n) is 3.57. The molecule has 1 aliphatic rings. The molecule has 4 rings (SSSR count). The minimum absolute atomic E-state index is 0.210. The second kappa shape index (κ2) is 8.13. The van der Waals surface area contributed by atoms with Crippen LogP contribution in [0, 0.1) is 0 Å². The fraction of sp³-hybridized carbons (Fsp3) is 0.217. The third-order valence-electron chi connectivity index (χ3n) is 5.00. The van der Waals surface area contributed by atoms with Crippen LogP contribution in [0.15, 0.2) is 65.7 Å². The molecular weight excluding hydrogens is 350 g/mol. The van der Waals surface area contributed by atoms with Crippen molar-refractivity contribution in [2.24, 2.45) is 4.99 Å². The molecule has 1 heterocycles. The van der Waals surface area contributed by atoms with Crippen LogP contribution < -0.4 is 15.4 Å². The predicted molar refractivity (Wildman–Crippen MR) is 114 cm³/mol. The number of carbonyl (C=O) groups excluding carboxylic acids is 1. The molecule has 3 aromatic rings. The van der Waals surface area contributed by atoms with Crippen molar-refractivity contribution in [1.29, 1.82) is 0 Å². The molecule has 5 nitrogen and oxygen atoms in total. The molecule has 1 aliphatic heterocycles. The Morgan fingerprint density at radius 2 is 1.96 bits per heavy atom. The molecule has 142 valence electrons. The van der Waals surface area contributed by atoms with Crippen LogP contribution in [-0.2, 0) is 6.42 Å². The van der Waals surface area contributed by atoms with E-state index in [-0.39, 0.29) is 6.03 Å². The number of aliphatic imine (C=N–C) groups is 1. The summed E-state index contributed by atoms with van der Waals surface area (Å²) in [4.78, 5) is 17.0. The van der Waals surface area contributed by atoms with Gasteiger partial charge in [0.1, 0.15) is 5.75 Å². The maximum absolute atomic E-state index is 12.4. The summed E-state index contributed by atoms with van der Waals surface area (Å²) in [5, 5.41) is 8.02. The quantitative estimate of drug-likeness (QED) is 0.696.